The van der Waals surface area contributed by atoms with Crippen LogP contribution in [0, 0.1) is 18.6 Å². The summed E-state index contributed by atoms with van der Waals surface area (Å²) in [5.41, 5.74) is 1.66. The van der Waals surface area contributed by atoms with Gasteiger partial charge >= 0.3 is 0 Å². The average molecular weight is 521 g/mol. The van der Waals surface area contributed by atoms with E-state index in [4.69, 9.17) is 4.74 Å². The lowest BCUT2D eigenvalue weighted by molar-refractivity contribution is 0.0649. The Kier molecular flexibility index (Phi) is 6.24. The third kappa shape index (κ3) is 4.47. The molecule has 2 saturated heterocycles. The van der Waals surface area contributed by atoms with Crippen molar-refractivity contribution in [3.05, 3.63) is 59.7 Å². The average Bonchev–Trinajstić information content (AvgIpc) is 3.30. The number of hydrogen-bond acceptors (Lipinski definition) is 8. The van der Waals surface area contributed by atoms with Crippen molar-refractivity contribution in [3.63, 3.8) is 0 Å². The number of carbonyl (C=O) groups is 1. The van der Waals surface area contributed by atoms with Crippen LogP contribution in [0.2, 0.25) is 0 Å². The first kappa shape index (κ1) is 24.0. The number of aromatic amines is 1. The molecule has 0 aliphatic carbocycles. The second kappa shape index (κ2) is 9.86. The quantitative estimate of drug-likeness (QED) is 0.353. The van der Waals surface area contributed by atoms with E-state index in [9.17, 15) is 9.18 Å². The Morgan fingerprint density at radius 3 is 2.61 bits per heavy atom. The van der Waals surface area contributed by atoms with Gasteiger partial charge < -0.3 is 30.2 Å². The third-order valence-electron chi connectivity index (χ3n) is 6.75. The van der Waals surface area contributed by atoms with E-state index in [1.165, 1.54) is 12.4 Å². The zero-order valence-electron chi connectivity index (χ0n) is 20.7. The predicted molar refractivity (Wildman–Crippen MR) is 138 cm³/mol. The van der Waals surface area contributed by atoms with Gasteiger partial charge in [0.05, 0.1) is 17.4 Å². The molecule has 196 valence electrons. The van der Waals surface area contributed by atoms with Crippen LogP contribution in [0.5, 0.6) is 11.6 Å². The molecule has 2 aliphatic rings. The highest BCUT2D eigenvalue weighted by Crippen LogP contribution is 2.35. The summed E-state index contributed by atoms with van der Waals surface area (Å²) in [7, 11) is 0. The van der Waals surface area contributed by atoms with Crippen molar-refractivity contribution in [2.45, 2.75) is 13.3 Å². The van der Waals surface area contributed by atoms with Gasteiger partial charge in [-0.3, -0.25) is 4.79 Å². The molecule has 6 rings (SSSR count). The van der Waals surface area contributed by atoms with Gasteiger partial charge in [-0.2, -0.15) is 0 Å². The van der Waals surface area contributed by atoms with Gasteiger partial charge in [0.25, 0.3) is 5.91 Å². The number of rotatable bonds is 6. The highest BCUT2D eigenvalue weighted by molar-refractivity contribution is 6.02. The Morgan fingerprint density at radius 2 is 1.89 bits per heavy atom. The van der Waals surface area contributed by atoms with Crippen molar-refractivity contribution in [2.24, 2.45) is 0 Å². The van der Waals surface area contributed by atoms with E-state index < -0.39 is 11.6 Å². The van der Waals surface area contributed by atoms with Crippen LogP contribution in [0.1, 0.15) is 22.5 Å². The number of carbonyl (C=O) groups excluding carboxylic acids is 1. The van der Waals surface area contributed by atoms with E-state index in [1.807, 2.05) is 6.07 Å². The molecule has 1 amide bonds. The molecule has 4 aromatic rings. The number of halogens is 2. The highest BCUT2D eigenvalue weighted by atomic mass is 19.1. The number of nitrogens with zero attached hydrogens (tertiary/aromatic N) is 5. The summed E-state index contributed by atoms with van der Waals surface area (Å²) in [6.45, 7) is 6.45. The zero-order chi connectivity index (χ0) is 26.2. The second-order valence-corrected chi connectivity index (χ2v) is 9.33. The monoisotopic (exact) mass is 520 g/mol. The number of likely N-dealkylation sites (tertiary alicyclic amines) is 1. The number of pyridine rings is 1. The standard InChI is InChI=1S/C26H26F2N8O2/c1-15-11-17-22(28)19(12-18(27)23(17)33-15)38-25-21(26(37)36-7-2-8-36)24(31-14-32-25)34-20-4-3-16(13-30-20)35-9-5-29-6-10-35/h3-4,11-14,29,33H,2,5-10H2,1H3,(H,30,31,32,34). The van der Waals surface area contributed by atoms with Crippen molar-refractivity contribution in [1.82, 2.24) is 30.2 Å². The molecule has 2 fully saturated rings. The Bertz CT molecular complexity index is 1500. The van der Waals surface area contributed by atoms with Gasteiger partial charge in [-0.25, -0.2) is 23.7 Å². The van der Waals surface area contributed by atoms with Crippen LogP contribution in [0.3, 0.4) is 0 Å². The maximum Gasteiger partial charge on any atom is 0.263 e. The molecule has 1 aromatic carbocycles. The van der Waals surface area contributed by atoms with Crippen molar-refractivity contribution >= 4 is 34.1 Å². The Labute approximate surface area is 217 Å². The van der Waals surface area contributed by atoms with E-state index in [0.29, 0.717) is 24.6 Å². The van der Waals surface area contributed by atoms with Gasteiger partial charge in [-0.1, -0.05) is 0 Å². The molecule has 10 nitrogen and oxygen atoms in total. The smallest absolute Gasteiger partial charge is 0.263 e. The van der Waals surface area contributed by atoms with E-state index >= 15 is 4.39 Å². The first-order chi connectivity index (χ1) is 18.5. The fourth-order valence-corrected chi connectivity index (χ4v) is 4.62. The number of ether oxygens (including phenoxy) is 1. The molecule has 3 N–H and O–H groups in total. The molecule has 5 heterocycles. The Balaban J connectivity index is 1.34. The largest absolute Gasteiger partial charge is 0.435 e. The summed E-state index contributed by atoms with van der Waals surface area (Å²) in [6.07, 6.45) is 3.83. The number of fused-ring (bicyclic) bond motifs is 1. The van der Waals surface area contributed by atoms with Crippen LogP contribution in [0.25, 0.3) is 10.9 Å². The lowest BCUT2D eigenvalue weighted by Crippen LogP contribution is -2.43. The van der Waals surface area contributed by atoms with Crippen LogP contribution < -0.4 is 20.3 Å². The number of amides is 1. The SMILES string of the molecule is Cc1cc2c(F)c(Oc3ncnc(Nc4ccc(N5CCNCC5)cn4)c3C(=O)N3CCC3)cc(F)c2[nH]1. The van der Waals surface area contributed by atoms with E-state index in [2.05, 4.69) is 35.5 Å². The molecule has 2 aliphatic heterocycles. The van der Waals surface area contributed by atoms with Crippen LogP contribution in [-0.2, 0) is 0 Å². The first-order valence-corrected chi connectivity index (χ1v) is 12.5. The molecule has 12 heteroatoms. The Morgan fingerprint density at radius 1 is 1.08 bits per heavy atom. The number of benzene rings is 1. The maximum absolute atomic E-state index is 15.3. The van der Waals surface area contributed by atoms with Crippen LogP contribution in [0.4, 0.5) is 26.1 Å². The molecular weight excluding hydrogens is 494 g/mol. The van der Waals surface area contributed by atoms with Gasteiger partial charge in [0.2, 0.25) is 5.88 Å². The lowest BCUT2D eigenvalue weighted by Gasteiger charge is -2.31. The molecule has 0 radical (unpaired) electrons. The number of aryl methyl sites for hydroxylation is 1. The van der Waals surface area contributed by atoms with E-state index in [0.717, 1.165) is 44.4 Å². The molecular formula is C26H26F2N8O2. The van der Waals surface area contributed by atoms with Crippen molar-refractivity contribution in [3.8, 4) is 11.6 Å². The normalized spacial score (nSPS) is 15.4. The van der Waals surface area contributed by atoms with E-state index in [-0.39, 0.29) is 39.8 Å². The summed E-state index contributed by atoms with van der Waals surface area (Å²) in [4.78, 5) is 32.9. The molecule has 3 aromatic heterocycles. The van der Waals surface area contributed by atoms with Crippen LogP contribution in [-0.4, -0.2) is 70.0 Å². The zero-order valence-corrected chi connectivity index (χ0v) is 20.7. The minimum Gasteiger partial charge on any atom is -0.435 e. The number of H-pyrrole nitrogens is 1. The van der Waals surface area contributed by atoms with Gasteiger partial charge in [0.15, 0.2) is 23.2 Å². The fourth-order valence-electron chi connectivity index (χ4n) is 4.62. The maximum atomic E-state index is 15.3. The van der Waals surface area contributed by atoms with Crippen LogP contribution >= 0.6 is 0 Å². The van der Waals surface area contributed by atoms with Crippen LogP contribution in [0.15, 0.2) is 36.8 Å². The number of aromatic nitrogens is 4. The third-order valence-corrected chi connectivity index (χ3v) is 6.75. The molecule has 38 heavy (non-hydrogen) atoms. The molecule has 0 bridgehead atoms. The molecule has 0 atom stereocenters. The lowest BCUT2D eigenvalue weighted by atomic mass is 10.1. The Hall–Kier alpha value is -4.32. The van der Waals surface area contributed by atoms with Crippen molar-refractivity contribution < 1.29 is 18.3 Å². The van der Waals surface area contributed by atoms with Crippen molar-refractivity contribution in [1.29, 1.82) is 0 Å². The van der Waals surface area contributed by atoms with Gasteiger partial charge in [0.1, 0.15) is 17.7 Å². The molecule has 0 saturated carbocycles. The number of piperazine rings is 1. The predicted octanol–water partition coefficient (Wildman–Crippen LogP) is 3.73. The van der Waals surface area contributed by atoms with E-state index in [1.54, 1.807) is 24.1 Å². The molecule has 0 spiro atoms. The first-order valence-electron chi connectivity index (χ1n) is 12.5. The minimum atomic E-state index is -0.758. The number of anilines is 3. The summed E-state index contributed by atoms with van der Waals surface area (Å²) in [6, 6.07) is 6.18. The molecule has 0 unspecified atom stereocenters. The summed E-state index contributed by atoms with van der Waals surface area (Å²) in [5.74, 6) is -1.74. The second-order valence-electron chi connectivity index (χ2n) is 9.33. The minimum absolute atomic E-state index is 0.0188. The number of nitrogens with one attached hydrogen (secondary N) is 3. The fraction of sp³-hybridized carbons (Fsp3) is 0.308. The highest BCUT2D eigenvalue weighted by Gasteiger charge is 2.30. The topological polar surface area (TPSA) is 111 Å². The van der Waals surface area contributed by atoms with Crippen molar-refractivity contribution in [2.75, 3.05) is 49.5 Å². The van der Waals surface area contributed by atoms with Gasteiger partial charge in [-0.15, -0.1) is 0 Å². The summed E-state index contributed by atoms with van der Waals surface area (Å²) >= 11 is 0. The summed E-state index contributed by atoms with van der Waals surface area (Å²) < 4.78 is 35.7. The van der Waals surface area contributed by atoms with Gasteiger partial charge in [-0.05, 0) is 31.5 Å². The summed E-state index contributed by atoms with van der Waals surface area (Å²) in [5, 5.41) is 6.45. The number of hydrogen-bond donors (Lipinski definition) is 3. The van der Waals surface area contributed by atoms with Gasteiger partial charge in [0, 0.05) is 56.4 Å².